The molecule has 0 radical (unpaired) electrons. The van der Waals surface area contributed by atoms with Crippen LogP contribution in [0.2, 0.25) is 0 Å². The number of imidazole rings is 1. The van der Waals surface area contributed by atoms with Crippen LogP contribution < -0.4 is 10.1 Å². The van der Waals surface area contributed by atoms with Crippen molar-refractivity contribution in [1.29, 1.82) is 0 Å². The number of hydrogen-bond acceptors (Lipinski definition) is 4. The lowest BCUT2D eigenvalue weighted by atomic mass is 9.93. The summed E-state index contributed by atoms with van der Waals surface area (Å²) in [6.45, 7) is 7.30. The number of piperidine rings is 1. The lowest BCUT2D eigenvalue weighted by Gasteiger charge is -2.39. The van der Waals surface area contributed by atoms with Crippen LogP contribution >= 0.6 is 24.0 Å². The van der Waals surface area contributed by atoms with Gasteiger partial charge in [-0.3, -0.25) is 4.99 Å². The fraction of sp³-hybridized carbons (Fsp3) is 0.524. The first-order chi connectivity index (χ1) is 13.6. The fourth-order valence-electron chi connectivity index (χ4n) is 3.63. The van der Waals surface area contributed by atoms with Gasteiger partial charge in [0.25, 0.3) is 0 Å². The molecule has 3 rings (SSSR count). The van der Waals surface area contributed by atoms with Crippen LogP contribution in [0.4, 0.5) is 0 Å². The molecular weight excluding hydrogens is 481 g/mol. The van der Waals surface area contributed by atoms with Gasteiger partial charge in [0.1, 0.15) is 5.75 Å². The number of nitrogens with one attached hydrogen (secondary N) is 1. The van der Waals surface area contributed by atoms with Crippen molar-refractivity contribution in [3.63, 3.8) is 0 Å². The van der Waals surface area contributed by atoms with E-state index in [0.717, 1.165) is 43.3 Å². The van der Waals surface area contributed by atoms with Crippen LogP contribution in [0.1, 0.15) is 38.0 Å². The van der Waals surface area contributed by atoms with E-state index in [4.69, 9.17) is 9.73 Å². The molecule has 1 aliphatic rings. The molecule has 8 heteroatoms. The predicted octanol–water partition coefficient (Wildman–Crippen LogP) is 3.09. The molecule has 0 amide bonds. The van der Waals surface area contributed by atoms with Crippen LogP contribution in [0.15, 0.2) is 48.0 Å². The second-order valence-corrected chi connectivity index (χ2v) is 7.27. The minimum Gasteiger partial charge on any atom is -0.497 e. The van der Waals surface area contributed by atoms with E-state index in [2.05, 4.69) is 33.6 Å². The Balaban J connectivity index is 0.00000300. The molecule has 3 atom stereocenters. The molecule has 0 saturated carbocycles. The van der Waals surface area contributed by atoms with Gasteiger partial charge in [-0.15, -0.1) is 24.0 Å². The lowest BCUT2D eigenvalue weighted by Crippen LogP contribution is -2.49. The number of aliphatic imine (C=N–C) groups is 1. The first-order valence-corrected chi connectivity index (χ1v) is 9.95. The summed E-state index contributed by atoms with van der Waals surface area (Å²) < 4.78 is 7.36. The topological polar surface area (TPSA) is 74.9 Å². The number of benzene rings is 1. The fourth-order valence-corrected chi connectivity index (χ4v) is 3.63. The predicted molar refractivity (Wildman–Crippen MR) is 126 cm³/mol. The Labute approximate surface area is 190 Å². The molecule has 29 heavy (non-hydrogen) atoms. The number of guanidine groups is 1. The quantitative estimate of drug-likeness (QED) is 0.353. The highest BCUT2D eigenvalue weighted by atomic mass is 127. The van der Waals surface area contributed by atoms with Crippen molar-refractivity contribution in [2.45, 2.75) is 32.4 Å². The molecule has 0 spiro atoms. The van der Waals surface area contributed by atoms with Gasteiger partial charge in [-0.25, -0.2) is 4.98 Å². The maximum absolute atomic E-state index is 10.5. The molecule has 2 N–H and O–H groups in total. The van der Waals surface area contributed by atoms with Gasteiger partial charge < -0.3 is 24.6 Å². The molecule has 160 valence electrons. The molecule has 0 aliphatic carbocycles. The van der Waals surface area contributed by atoms with Gasteiger partial charge in [-0.1, -0.05) is 19.1 Å². The van der Waals surface area contributed by atoms with E-state index in [1.165, 1.54) is 0 Å². The largest absolute Gasteiger partial charge is 0.497 e. The molecule has 1 saturated heterocycles. The van der Waals surface area contributed by atoms with Crippen molar-refractivity contribution in [1.82, 2.24) is 19.8 Å². The second-order valence-electron chi connectivity index (χ2n) is 7.27. The Morgan fingerprint density at radius 2 is 2.14 bits per heavy atom. The third-order valence-electron chi connectivity index (χ3n) is 5.38. The Morgan fingerprint density at radius 1 is 1.38 bits per heavy atom. The van der Waals surface area contributed by atoms with Crippen molar-refractivity contribution in [2.24, 2.45) is 10.9 Å². The van der Waals surface area contributed by atoms with Crippen LogP contribution in [0.3, 0.4) is 0 Å². The average molecular weight is 513 g/mol. The maximum Gasteiger partial charge on any atom is 0.194 e. The lowest BCUT2D eigenvalue weighted by molar-refractivity contribution is 0.179. The summed E-state index contributed by atoms with van der Waals surface area (Å²) in [4.78, 5) is 11.2. The molecule has 2 aromatic rings. The molecule has 1 fully saturated rings. The number of aliphatic hydroxyl groups excluding tert-OH is 1. The first kappa shape index (κ1) is 23.5. The monoisotopic (exact) mass is 513 g/mol. The van der Waals surface area contributed by atoms with Crippen LogP contribution in [0.25, 0.3) is 0 Å². The highest BCUT2D eigenvalue weighted by molar-refractivity contribution is 14.0. The number of aromatic nitrogens is 2. The molecule has 0 bridgehead atoms. The zero-order valence-electron chi connectivity index (χ0n) is 17.4. The Kier molecular flexibility index (Phi) is 9.22. The van der Waals surface area contributed by atoms with E-state index in [9.17, 15) is 5.11 Å². The Morgan fingerprint density at radius 3 is 2.76 bits per heavy atom. The number of rotatable bonds is 6. The van der Waals surface area contributed by atoms with Gasteiger partial charge in [0.05, 0.1) is 32.1 Å². The van der Waals surface area contributed by atoms with Gasteiger partial charge in [-0.2, -0.15) is 0 Å². The van der Waals surface area contributed by atoms with Gasteiger partial charge in [0, 0.05) is 32.0 Å². The van der Waals surface area contributed by atoms with Crippen LogP contribution in [-0.4, -0.2) is 58.8 Å². The average Bonchev–Trinajstić information content (AvgIpc) is 3.26. The van der Waals surface area contributed by atoms with Crippen molar-refractivity contribution in [3.05, 3.63) is 48.5 Å². The van der Waals surface area contributed by atoms with Crippen molar-refractivity contribution in [2.75, 3.05) is 33.3 Å². The molecular formula is C21H32IN5O2. The van der Waals surface area contributed by atoms with E-state index in [1.54, 1.807) is 7.11 Å². The van der Waals surface area contributed by atoms with Crippen molar-refractivity contribution in [3.8, 4) is 5.75 Å². The third-order valence-corrected chi connectivity index (χ3v) is 5.38. The molecule has 1 aromatic heterocycles. The maximum atomic E-state index is 10.5. The summed E-state index contributed by atoms with van der Waals surface area (Å²) in [7, 11) is 1.63. The van der Waals surface area contributed by atoms with Gasteiger partial charge in [-0.05, 0) is 37.0 Å². The Hall–Kier alpha value is -1.81. The highest BCUT2D eigenvalue weighted by Crippen LogP contribution is 2.27. The van der Waals surface area contributed by atoms with Crippen LogP contribution in [0.5, 0.6) is 5.75 Å². The minimum absolute atomic E-state index is 0. The smallest absolute Gasteiger partial charge is 0.194 e. The van der Waals surface area contributed by atoms with E-state index in [-0.39, 0.29) is 24.0 Å². The van der Waals surface area contributed by atoms with Crippen LogP contribution in [-0.2, 0) is 0 Å². The minimum atomic E-state index is -0.646. The summed E-state index contributed by atoms with van der Waals surface area (Å²) in [5.41, 5.74) is 0.837. The third kappa shape index (κ3) is 6.08. The highest BCUT2D eigenvalue weighted by Gasteiger charge is 2.29. The summed E-state index contributed by atoms with van der Waals surface area (Å²) in [6, 6.07) is 7.84. The van der Waals surface area contributed by atoms with Crippen LogP contribution in [0, 0.1) is 5.92 Å². The van der Waals surface area contributed by atoms with E-state index < -0.39 is 6.10 Å². The first-order valence-electron chi connectivity index (χ1n) is 9.95. The molecule has 2 heterocycles. The number of likely N-dealkylation sites (tertiary alicyclic amines) is 1. The van der Waals surface area contributed by atoms with E-state index in [0.29, 0.717) is 18.5 Å². The Bertz CT molecular complexity index is 751. The van der Waals surface area contributed by atoms with Gasteiger partial charge in [0.2, 0.25) is 0 Å². The summed E-state index contributed by atoms with van der Waals surface area (Å²) in [5.74, 6) is 2.21. The van der Waals surface area contributed by atoms with Crippen molar-refractivity contribution < 1.29 is 9.84 Å². The summed E-state index contributed by atoms with van der Waals surface area (Å²) >= 11 is 0. The second kappa shape index (κ2) is 11.4. The zero-order chi connectivity index (χ0) is 19.9. The van der Waals surface area contributed by atoms with Gasteiger partial charge >= 0.3 is 0 Å². The summed E-state index contributed by atoms with van der Waals surface area (Å²) in [5, 5.41) is 13.9. The standard InChI is InChI=1S/C21H31N5O2.HI/c1-4-23-21(24-13-20(27)17-5-7-18(28-3)8-6-17)25-11-9-16(2)19(14-25)26-12-10-22-15-26;/h5-8,10,12,15-16,19-20,27H,4,9,11,13-14H2,1-3H3,(H,23,24);1H. The number of aliphatic hydroxyl groups is 1. The SMILES string of the molecule is CCNC(=NCC(O)c1ccc(OC)cc1)N1CCC(C)C(n2ccnc2)C1.I. The summed E-state index contributed by atoms with van der Waals surface area (Å²) in [6.07, 6.45) is 6.20. The number of halogens is 1. The van der Waals surface area contributed by atoms with E-state index in [1.807, 2.05) is 43.0 Å². The molecule has 7 nitrogen and oxygen atoms in total. The molecule has 1 aliphatic heterocycles. The van der Waals surface area contributed by atoms with Gasteiger partial charge in [0.15, 0.2) is 5.96 Å². The number of ether oxygens (including phenoxy) is 1. The molecule has 1 aromatic carbocycles. The number of nitrogens with zero attached hydrogens (tertiary/aromatic N) is 4. The van der Waals surface area contributed by atoms with E-state index >= 15 is 0 Å². The van der Waals surface area contributed by atoms with Crippen molar-refractivity contribution >= 4 is 29.9 Å². The zero-order valence-corrected chi connectivity index (χ0v) is 19.7. The number of hydrogen-bond donors (Lipinski definition) is 2. The number of methoxy groups -OCH3 is 1. The normalized spacial score (nSPS) is 20.7. The molecule has 3 unspecified atom stereocenters.